The van der Waals surface area contributed by atoms with Crippen molar-refractivity contribution >= 4 is 11.8 Å². The van der Waals surface area contributed by atoms with Crippen molar-refractivity contribution in [3.63, 3.8) is 0 Å². The van der Waals surface area contributed by atoms with Crippen LogP contribution in [-0.4, -0.2) is 6.26 Å². The first-order chi connectivity index (χ1) is 5.15. The van der Waals surface area contributed by atoms with Crippen molar-refractivity contribution < 1.29 is 13.2 Å². The summed E-state index contributed by atoms with van der Waals surface area (Å²) in [7, 11) is 0. The maximum Gasteiger partial charge on any atom is 0.142 e. The lowest BCUT2D eigenvalue weighted by molar-refractivity contribution is 0.511. The average Bonchev–Trinajstić information content (AvgIpc) is 1.85. The topological polar surface area (TPSA) is 0 Å². The highest BCUT2D eigenvalue weighted by molar-refractivity contribution is 7.98. The minimum atomic E-state index is -0.891. The molecule has 0 radical (unpaired) electrons. The summed E-state index contributed by atoms with van der Waals surface area (Å²) in [5.74, 6) is -2.59. The van der Waals surface area contributed by atoms with Gasteiger partial charge in [-0.3, -0.25) is 0 Å². The summed E-state index contributed by atoms with van der Waals surface area (Å²) < 4.78 is 37.5. The van der Waals surface area contributed by atoms with E-state index in [2.05, 4.69) is 0 Å². The van der Waals surface area contributed by atoms with Crippen molar-refractivity contribution in [2.24, 2.45) is 0 Å². The van der Waals surface area contributed by atoms with E-state index in [0.29, 0.717) is 12.1 Å². The molecule has 1 rings (SSSR count). The third-order valence-corrected chi connectivity index (χ3v) is 1.97. The lowest BCUT2D eigenvalue weighted by atomic mass is 10.3. The Morgan fingerprint density at radius 2 is 1.55 bits per heavy atom. The van der Waals surface area contributed by atoms with Gasteiger partial charge in [0.15, 0.2) is 0 Å². The summed E-state index contributed by atoms with van der Waals surface area (Å²) in [4.78, 5) is -0.147. The zero-order valence-corrected chi connectivity index (χ0v) is 6.51. The second-order valence-electron chi connectivity index (χ2n) is 1.90. The fraction of sp³-hybridized carbons (Fsp3) is 0.143. The minimum absolute atomic E-state index is 0.147. The van der Waals surface area contributed by atoms with Gasteiger partial charge in [0.05, 0.1) is 4.90 Å². The zero-order valence-electron chi connectivity index (χ0n) is 5.70. The van der Waals surface area contributed by atoms with Crippen LogP contribution < -0.4 is 0 Å². The average molecular weight is 178 g/mol. The van der Waals surface area contributed by atoms with Crippen molar-refractivity contribution in [2.45, 2.75) is 4.90 Å². The van der Waals surface area contributed by atoms with Crippen molar-refractivity contribution in [3.8, 4) is 0 Å². The van der Waals surface area contributed by atoms with Gasteiger partial charge in [-0.2, -0.15) is 0 Å². The maximum atomic E-state index is 12.6. The van der Waals surface area contributed by atoms with Crippen LogP contribution in [0.3, 0.4) is 0 Å². The van der Waals surface area contributed by atoms with Gasteiger partial charge < -0.3 is 0 Å². The van der Waals surface area contributed by atoms with E-state index >= 15 is 0 Å². The summed E-state index contributed by atoms with van der Waals surface area (Å²) in [5, 5.41) is 0. The Labute approximate surface area is 66.4 Å². The number of halogens is 3. The molecule has 0 aromatic heterocycles. The van der Waals surface area contributed by atoms with Gasteiger partial charge in [0.2, 0.25) is 0 Å². The Kier molecular flexibility index (Phi) is 2.44. The van der Waals surface area contributed by atoms with E-state index in [-0.39, 0.29) is 4.90 Å². The van der Waals surface area contributed by atoms with Crippen LogP contribution in [0.1, 0.15) is 0 Å². The molecule has 1 aromatic carbocycles. The molecule has 0 saturated heterocycles. The lowest BCUT2D eigenvalue weighted by Gasteiger charge is -1.99. The summed E-state index contributed by atoms with van der Waals surface area (Å²) in [6.07, 6.45) is 1.53. The molecule has 0 spiro atoms. The van der Waals surface area contributed by atoms with Crippen molar-refractivity contribution in [2.75, 3.05) is 6.26 Å². The van der Waals surface area contributed by atoms with E-state index in [1.54, 1.807) is 0 Å². The molecule has 4 heteroatoms. The van der Waals surface area contributed by atoms with Crippen LogP contribution in [0, 0.1) is 17.5 Å². The molecule has 60 valence electrons. The van der Waals surface area contributed by atoms with Crippen LogP contribution in [0.2, 0.25) is 0 Å². The van der Waals surface area contributed by atoms with Crippen molar-refractivity contribution in [1.29, 1.82) is 0 Å². The molecule has 0 heterocycles. The van der Waals surface area contributed by atoms with Gasteiger partial charge in [-0.25, -0.2) is 13.2 Å². The molecular formula is C7H5F3S. The smallest absolute Gasteiger partial charge is 0.142 e. The highest BCUT2D eigenvalue weighted by atomic mass is 32.2. The summed E-state index contributed by atoms with van der Waals surface area (Å²) in [5.41, 5.74) is 0. The van der Waals surface area contributed by atoms with E-state index < -0.39 is 17.5 Å². The zero-order chi connectivity index (χ0) is 8.43. The normalized spacial score (nSPS) is 10.2. The van der Waals surface area contributed by atoms with E-state index in [1.165, 1.54) is 6.26 Å². The van der Waals surface area contributed by atoms with Crippen LogP contribution in [0.5, 0.6) is 0 Å². The standard InChI is InChI=1S/C7H5F3S/c1-11-7-5(9)2-4(8)3-6(7)10/h2-3H,1H3. The van der Waals surface area contributed by atoms with E-state index in [0.717, 1.165) is 11.8 Å². The van der Waals surface area contributed by atoms with E-state index in [1.807, 2.05) is 0 Å². The van der Waals surface area contributed by atoms with E-state index in [9.17, 15) is 13.2 Å². The first-order valence-electron chi connectivity index (χ1n) is 2.83. The number of hydrogen-bond donors (Lipinski definition) is 0. The fourth-order valence-corrected chi connectivity index (χ4v) is 1.23. The molecule has 0 aliphatic carbocycles. The number of rotatable bonds is 1. The molecule has 0 aliphatic rings. The van der Waals surface area contributed by atoms with Gasteiger partial charge >= 0.3 is 0 Å². The van der Waals surface area contributed by atoms with Gasteiger partial charge in [-0.15, -0.1) is 11.8 Å². The quantitative estimate of drug-likeness (QED) is 0.596. The summed E-state index contributed by atoms with van der Waals surface area (Å²) in [6, 6.07) is 1.32. The molecule has 0 saturated carbocycles. The SMILES string of the molecule is CSc1c(F)cc(F)cc1F. The Balaban J connectivity index is 3.25. The highest BCUT2D eigenvalue weighted by Gasteiger charge is 2.09. The number of thioether (sulfide) groups is 1. The van der Waals surface area contributed by atoms with Gasteiger partial charge in [-0.05, 0) is 6.26 Å². The van der Waals surface area contributed by atoms with Gasteiger partial charge in [0.25, 0.3) is 0 Å². The maximum absolute atomic E-state index is 12.6. The van der Waals surface area contributed by atoms with Crippen molar-refractivity contribution in [3.05, 3.63) is 29.6 Å². The number of benzene rings is 1. The Morgan fingerprint density at radius 3 is 1.91 bits per heavy atom. The fourth-order valence-electron chi connectivity index (χ4n) is 0.724. The van der Waals surface area contributed by atoms with Crippen molar-refractivity contribution in [1.82, 2.24) is 0 Å². The van der Waals surface area contributed by atoms with Gasteiger partial charge in [0.1, 0.15) is 17.5 Å². The largest absolute Gasteiger partial charge is 0.207 e. The molecular weight excluding hydrogens is 173 g/mol. The lowest BCUT2D eigenvalue weighted by Crippen LogP contribution is -1.88. The molecule has 0 fully saturated rings. The monoisotopic (exact) mass is 178 g/mol. The summed E-state index contributed by atoms with van der Waals surface area (Å²) >= 11 is 0.914. The first kappa shape index (κ1) is 8.46. The van der Waals surface area contributed by atoms with Crippen LogP contribution in [0.15, 0.2) is 17.0 Å². The molecule has 0 amide bonds. The molecule has 11 heavy (non-hydrogen) atoms. The predicted octanol–water partition coefficient (Wildman–Crippen LogP) is 2.83. The van der Waals surface area contributed by atoms with Gasteiger partial charge in [0, 0.05) is 12.1 Å². The molecule has 1 aromatic rings. The second kappa shape index (κ2) is 3.17. The summed E-state index contributed by atoms with van der Waals surface area (Å²) in [6.45, 7) is 0. The third kappa shape index (κ3) is 1.68. The molecule has 0 N–H and O–H groups in total. The van der Waals surface area contributed by atoms with Crippen LogP contribution in [-0.2, 0) is 0 Å². The number of hydrogen-bond acceptors (Lipinski definition) is 1. The molecule has 0 atom stereocenters. The highest BCUT2D eigenvalue weighted by Crippen LogP contribution is 2.23. The van der Waals surface area contributed by atoms with Crippen LogP contribution >= 0.6 is 11.8 Å². The van der Waals surface area contributed by atoms with E-state index in [4.69, 9.17) is 0 Å². The molecule has 0 bridgehead atoms. The minimum Gasteiger partial charge on any atom is -0.207 e. The molecule has 0 aliphatic heterocycles. The van der Waals surface area contributed by atoms with Gasteiger partial charge in [-0.1, -0.05) is 0 Å². The molecule has 0 nitrogen and oxygen atoms in total. The molecule has 0 unspecified atom stereocenters. The Bertz CT molecular complexity index is 249. The van der Waals surface area contributed by atoms with Crippen LogP contribution in [0.4, 0.5) is 13.2 Å². The Morgan fingerprint density at radius 1 is 1.09 bits per heavy atom. The predicted molar refractivity (Wildman–Crippen MR) is 38.1 cm³/mol. The van der Waals surface area contributed by atoms with Crippen LogP contribution in [0.25, 0.3) is 0 Å². The first-order valence-corrected chi connectivity index (χ1v) is 4.06. The second-order valence-corrected chi connectivity index (χ2v) is 2.72. The Hall–Kier alpha value is -0.640. The third-order valence-electron chi connectivity index (χ3n) is 1.17.